The fourth-order valence-electron chi connectivity index (χ4n) is 2.68. The summed E-state index contributed by atoms with van der Waals surface area (Å²) in [6.07, 6.45) is 11.1. The first-order valence-corrected chi connectivity index (χ1v) is 6.97. The molecule has 1 fully saturated rings. The molecule has 0 unspecified atom stereocenters. The van der Waals surface area contributed by atoms with E-state index in [1.807, 2.05) is 6.08 Å². The van der Waals surface area contributed by atoms with E-state index in [0.29, 0.717) is 18.1 Å². The van der Waals surface area contributed by atoms with Gasteiger partial charge in [-0.3, -0.25) is 10.1 Å². The number of allylic oxidation sites excluding steroid dienone is 1. The molecule has 5 heteroatoms. The molecule has 1 aromatic rings. The van der Waals surface area contributed by atoms with Gasteiger partial charge in [0.2, 0.25) is 11.9 Å². The van der Waals surface area contributed by atoms with E-state index in [0.717, 1.165) is 12.8 Å². The third-order valence-electron chi connectivity index (χ3n) is 3.91. The van der Waals surface area contributed by atoms with Crippen LogP contribution < -0.4 is 10.1 Å². The molecule has 2 rings (SSSR count). The summed E-state index contributed by atoms with van der Waals surface area (Å²) in [5.41, 5.74) is -0.0607. The zero-order valence-electron chi connectivity index (χ0n) is 11.9. The van der Waals surface area contributed by atoms with Crippen molar-refractivity contribution in [3.05, 3.63) is 25.0 Å². The highest BCUT2D eigenvalue weighted by Gasteiger charge is 2.31. The molecule has 5 nitrogen and oxygen atoms in total. The number of carbonyl (C=O) groups excluding carboxylic acids is 1. The second kappa shape index (κ2) is 6.50. The number of methoxy groups -OCH3 is 1. The first-order valence-electron chi connectivity index (χ1n) is 6.97. The van der Waals surface area contributed by atoms with Crippen molar-refractivity contribution in [2.24, 2.45) is 5.41 Å². The lowest BCUT2D eigenvalue weighted by Gasteiger charge is -2.33. The standard InChI is InChI=1S/C15H21N3O2/c1-3-15(7-5-4-6-8-15)9-13(19)18-14-16-10-12(20-2)11-17-14/h3,10-11H,1,4-9H2,2H3,(H,16,17,18,19). The Morgan fingerprint density at radius 2 is 2.05 bits per heavy atom. The minimum atomic E-state index is -0.0607. The maximum Gasteiger partial charge on any atom is 0.229 e. The molecular weight excluding hydrogens is 254 g/mol. The lowest BCUT2D eigenvalue weighted by Crippen LogP contribution is -2.28. The Morgan fingerprint density at radius 3 is 2.60 bits per heavy atom. The largest absolute Gasteiger partial charge is 0.494 e. The highest BCUT2D eigenvalue weighted by molar-refractivity contribution is 5.89. The van der Waals surface area contributed by atoms with E-state index in [2.05, 4.69) is 21.9 Å². The fraction of sp³-hybridized carbons (Fsp3) is 0.533. The highest BCUT2D eigenvalue weighted by Crippen LogP contribution is 2.40. The van der Waals surface area contributed by atoms with E-state index < -0.39 is 0 Å². The van der Waals surface area contributed by atoms with Crippen LogP contribution in [-0.2, 0) is 4.79 Å². The van der Waals surface area contributed by atoms with Gasteiger partial charge in [0, 0.05) is 6.42 Å². The van der Waals surface area contributed by atoms with Crippen molar-refractivity contribution in [3.63, 3.8) is 0 Å². The summed E-state index contributed by atoms with van der Waals surface area (Å²) in [4.78, 5) is 20.2. The molecule has 0 aliphatic heterocycles. The van der Waals surface area contributed by atoms with Gasteiger partial charge in [0.1, 0.15) is 0 Å². The van der Waals surface area contributed by atoms with E-state index in [4.69, 9.17) is 4.74 Å². The van der Waals surface area contributed by atoms with Crippen LogP contribution in [0.3, 0.4) is 0 Å². The van der Waals surface area contributed by atoms with Crippen molar-refractivity contribution in [3.8, 4) is 5.75 Å². The van der Waals surface area contributed by atoms with Crippen LogP contribution in [-0.4, -0.2) is 23.0 Å². The Labute approximate surface area is 119 Å². The number of anilines is 1. The summed E-state index contributed by atoms with van der Waals surface area (Å²) < 4.78 is 4.98. The number of ether oxygens (including phenoxy) is 1. The van der Waals surface area contributed by atoms with Crippen molar-refractivity contribution < 1.29 is 9.53 Å². The van der Waals surface area contributed by atoms with E-state index in [1.165, 1.54) is 31.7 Å². The summed E-state index contributed by atoms with van der Waals surface area (Å²) in [6.45, 7) is 3.91. The molecule has 1 aliphatic carbocycles. The second-order valence-corrected chi connectivity index (χ2v) is 5.30. The minimum Gasteiger partial charge on any atom is -0.494 e. The molecular formula is C15H21N3O2. The van der Waals surface area contributed by atoms with Gasteiger partial charge in [-0.25, -0.2) is 9.97 Å². The van der Waals surface area contributed by atoms with Gasteiger partial charge in [-0.15, -0.1) is 6.58 Å². The van der Waals surface area contributed by atoms with Gasteiger partial charge in [-0.2, -0.15) is 0 Å². The van der Waals surface area contributed by atoms with Crippen LogP contribution in [0.25, 0.3) is 0 Å². The Hall–Kier alpha value is -1.91. The number of carbonyl (C=O) groups is 1. The Bertz CT molecular complexity index is 465. The van der Waals surface area contributed by atoms with Crippen LogP contribution in [0.2, 0.25) is 0 Å². The number of rotatable bonds is 5. The van der Waals surface area contributed by atoms with E-state index in [1.54, 1.807) is 7.11 Å². The maximum atomic E-state index is 12.1. The molecule has 1 amide bonds. The van der Waals surface area contributed by atoms with Crippen molar-refractivity contribution in [1.29, 1.82) is 0 Å². The molecule has 20 heavy (non-hydrogen) atoms. The van der Waals surface area contributed by atoms with Crippen LogP contribution >= 0.6 is 0 Å². The summed E-state index contributed by atoms with van der Waals surface area (Å²) in [6, 6.07) is 0. The lowest BCUT2D eigenvalue weighted by molar-refractivity contribution is -0.118. The zero-order chi connectivity index (χ0) is 14.4. The topological polar surface area (TPSA) is 64.1 Å². The number of amides is 1. The zero-order valence-corrected chi connectivity index (χ0v) is 11.9. The molecule has 0 spiro atoms. The SMILES string of the molecule is C=CC1(CC(=O)Nc2ncc(OC)cn2)CCCCC1. The summed E-state index contributed by atoms with van der Waals surface area (Å²) in [5, 5.41) is 2.74. The number of aromatic nitrogens is 2. The van der Waals surface area contributed by atoms with E-state index in [9.17, 15) is 4.79 Å². The molecule has 1 aliphatic rings. The second-order valence-electron chi connectivity index (χ2n) is 5.30. The molecule has 0 bridgehead atoms. The van der Waals surface area contributed by atoms with Gasteiger partial charge < -0.3 is 4.74 Å². The van der Waals surface area contributed by atoms with Crippen LogP contribution in [0.15, 0.2) is 25.0 Å². The molecule has 0 saturated heterocycles. The maximum absolute atomic E-state index is 12.1. The summed E-state index contributed by atoms with van der Waals surface area (Å²) >= 11 is 0. The van der Waals surface area contributed by atoms with Crippen LogP contribution in [0.5, 0.6) is 5.75 Å². The summed E-state index contributed by atoms with van der Waals surface area (Å²) in [7, 11) is 1.55. The smallest absolute Gasteiger partial charge is 0.229 e. The normalized spacial score (nSPS) is 17.2. The Balaban J connectivity index is 1.95. The Kier molecular flexibility index (Phi) is 4.71. The van der Waals surface area contributed by atoms with Crippen LogP contribution in [0.4, 0.5) is 5.95 Å². The van der Waals surface area contributed by atoms with Gasteiger partial charge in [-0.1, -0.05) is 25.3 Å². The van der Waals surface area contributed by atoms with Crippen molar-refractivity contribution in [2.45, 2.75) is 38.5 Å². The van der Waals surface area contributed by atoms with Gasteiger partial charge in [0.05, 0.1) is 19.5 Å². The van der Waals surface area contributed by atoms with Gasteiger partial charge in [0.15, 0.2) is 5.75 Å². The van der Waals surface area contributed by atoms with Crippen molar-refractivity contribution in [2.75, 3.05) is 12.4 Å². The fourth-order valence-corrected chi connectivity index (χ4v) is 2.68. The first-order chi connectivity index (χ1) is 9.67. The summed E-state index contributed by atoms with van der Waals surface area (Å²) in [5.74, 6) is 0.820. The number of hydrogen-bond donors (Lipinski definition) is 1. The Morgan fingerprint density at radius 1 is 1.40 bits per heavy atom. The lowest BCUT2D eigenvalue weighted by atomic mass is 9.72. The molecule has 1 N–H and O–H groups in total. The molecule has 1 heterocycles. The quantitative estimate of drug-likeness (QED) is 0.839. The third-order valence-corrected chi connectivity index (χ3v) is 3.91. The monoisotopic (exact) mass is 275 g/mol. The molecule has 0 aromatic carbocycles. The van der Waals surface area contributed by atoms with Gasteiger partial charge >= 0.3 is 0 Å². The predicted octanol–water partition coefficient (Wildman–Crippen LogP) is 2.95. The average Bonchev–Trinajstić information content (AvgIpc) is 2.49. The van der Waals surface area contributed by atoms with E-state index in [-0.39, 0.29) is 11.3 Å². The molecule has 108 valence electrons. The number of hydrogen-bond acceptors (Lipinski definition) is 4. The third kappa shape index (κ3) is 3.56. The van der Waals surface area contributed by atoms with Gasteiger partial charge in [0.25, 0.3) is 0 Å². The van der Waals surface area contributed by atoms with Crippen LogP contribution in [0, 0.1) is 5.41 Å². The number of nitrogens with zero attached hydrogens (tertiary/aromatic N) is 2. The average molecular weight is 275 g/mol. The molecule has 1 aromatic heterocycles. The highest BCUT2D eigenvalue weighted by atomic mass is 16.5. The van der Waals surface area contributed by atoms with Crippen molar-refractivity contribution >= 4 is 11.9 Å². The number of nitrogens with one attached hydrogen (secondary N) is 1. The van der Waals surface area contributed by atoms with Gasteiger partial charge in [-0.05, 0) is 18.3 Å². The minimum absolute atomic E-state index is 0.0584. The molecule has 0 radical (unpaired) electrons. The predicted molar refractivity (Wildman–Crippen MR) is 77.5 cm³/mol. The first kappa shape index (κ1) is 14.5. The van der Waals surface area contributed by atoms with Crippen LogP contribution in [0.1, 0.15) is 38.5 Å². The van der Waals surface area contributed by atoms with Crippen molar-refractivity contribution in [1.82, 2.24) is 9.97 Å². The molecule has 0 atom stereocenters. The van der Waals surface area contributed by atoms with E-state index >= 15 is 0 Å². The molecule has 1 saturated carbocycles.